The van der Waals surface area contributed by atoms with Gasteiger partial charge < -0.3 is 19.4 Å². The third-order valence-electron chi connectivity index (χ3n) is 2.11. The molecule has 0 heterocycles. The Bertz CT molecular complexity index is 519. The molecule has 0 radical (unpaired) electrons. The number of hydrogen-bond acceptors (Lipinski definition) is 4. The molecular formula is C12H10BFO4. The highest BCUT2D eigenvalue weighted by atomic mass is 19.1. The van der Waals surface area contributed by atoms with E-state index in [1.54, 1.807) is 24.3 Å². The molecule has 0 saturated heterocycles. The molecule has 0 bridgehead atoms. The Kier molecular flexibility index (Phi) is 3.81. The summed E-state index contributed by atoms with van der Waals surface area (Å²) < 4.78 is 23.3. The van der Waals surface area contributed by atoms with Gasteiger partial charge in [0.1, 0.15) is 17.2 Å². The Balaban J connectivity index is 2.14. The lowest BCUT2D eigenvalue weighted by Crippen LogP contribution is -2.21. The summed E-state index contributed by atoms with van der Waals surface area (Å²) in [7, 11) is -2.06. The Morgan fingerprint density at radius 1 is 0.944 bits per heavy atom. The monoisotopic (exact) mass is 248 g/mol. The van der Waals surface area contributed by atoms with E-state index in [0.29, 0.717) is 11.5 Å². The molecule has 0 atom stereocenters. The van der Waals surface area contributed by atoms with Crippen LogP contribution in [0.15, 0.2) is 48.5 Å². The molecule has 0 aliphatic rings. The molecule has 0 aromatic heterocycles. The predicted molar refractivity (Wildman–Crippen MR) is 63.7 cm³/mol. The van der Waals surface area contributed by atoms with Crippen molar-refractivity contribution in [2.45, 2.75) is 0 Å². The van der Waals surface area contributed by atoms with E-state index in [4.69, 9.17) is 14.8 Å². The second-order valence-corrected chi connectivity index (χ2v) is 3.45. The van der Waals surface area contributed by atoms with Crippen LogP contribution in [0.5, 0.6) is 17.2 Å². The molecular weight excluding hydrogens is 238 g/mol. The van der Waals surface area contributed by atoms with E-state index in [1.165, 1.54) is 12.1 Å². The van der Waals surface area contributed by atoms with Crippen molar-refractivity contribution in [1.82, 2.24) is 0 Å². The van der Waals surface area contributed by atoms with Crippen LogP contribution >= 0.6 is 0 Å². The van der Waals surface area contributed by atoms with Crippen molar-refractivity contribution in [2.75, 3.05) is 0 Å². The van der Waals surface area contributed by atoms with E-state index in [2.05, 4.69) is 4.65 Å². The molecule has 0 aliphatic carbocycles. The SMILES string of the molecule is OB(O)Oc1ccc(Oc2ccccc2)cc1F. The van der Waals surface area contributed by atoms with Crippen LogP contribution in [0.2, 0.25) is 0 Å². The fourth-order valence-corrected chi connectivity index (χ4v) is 1.38. The third-order valence-corrected chi connectivity index (χ3v) is 2.11. The quantitative estimate of drug-likeness (QED) is 0.812. The highest BCUT2D eigenvalue weighted by Crippen LogP contribution is 2.26. The van der Waals surface area contributed by atoms with Gasteiger partial charge in [-0.25, -0.2) is 4.39 Å². The van der Waals surface area contributed by atoms with Crippen LogP contribution in [-0.4, -0.2) is 17.4 Å². The Morgan fingerprint density at radius 3 is 2.28 bits per heavy atom. The lowest BCUT2D eigenvalue weighted by atomic mass is 10.2. The van der Waals surface area contributed by atoms with Gasteiger partial charge in [-0.15, -0.1) is 0 Å². The van der Waals surface area contributed by atoms with Crippen LogP contribution < -0.4 is 9.39 Å². The minimum atomic E-state index is -2.06. The number of ether oxygens (including phenoxy) is 1. The number of para-hydroxylation sites is 1. The Morgan fingerprint density at radius 2 is 1.67 bits per heavy atom. The van der Waals surface area contributed by atoms with Gasteiger partial charge in [0.05, 0.1) is 0 Å². The molecule has 0 spiro atoms. The van der Waals surface area contributed by atoms with Crippen molar-refractivity contribution in [1.29, 1.82) is 0 Å². The molecule has 2 rings (SSSR count). The van der Waals surface area contributed by atoms with Gasteiger partial charge in [0, 0.05) is 6.07 Å². The third kappa shape index (κ3) is 3.22. The first-order valence-electron chi connectivity index (χ1n) is 5.20. The van der Waals surface area contributed by atoms with Crippen LogP contribution in [0, 0.1) is 5.82 Å². The van der Waals surface area contributed by atoms with E-state index in [0.717, 1.165) is 6.07 Å². The zero-order valence-electron chi connectivity index (χ0n) is 9.29. The average Bonchev–Trinajstić information content (AvgIpc) is 2.33. The molecule has 2 N–H and O–H groups in total. The first-order valence-corrected chi connectivity index (χ1v) is 5.20. The van der Waals surface area contributed by atoms with Crippen molar-refractivity contribution in [2.24, 2.45) is 0 Å². The Hall–Kier alpha value is -2.05. The maximum absolute atomic E-state index is 13.5. The summed E-state index contributed by atoms with van der Waals surface area (Å²) in [6.07, 6.45) is 0. The van der Waals surface area contributed by atoms with Gasteiger partial charge in [-0.1, -0.05) is 18.2 Å². The van der Waals surface area contributed by atoms with E-state index >= 15 is 0 Å². The molecule has 2 aromatic carbocycles. The molecule has 0 aliphatic heterocycles. The van der Waals surface area contributed by atoms with Crippen LogP contribution in [0.3, 0.4) is 0 Å². The standard InChI is InChI=1S/C12H10BFO4/c14-11-8-10(6-7-12(11)18-13(15)16)17-9-4-2-1-3-5-9/h1-8,15-16H. The van der Waals surface area contributed by atoms with E-state index in [-0.39, 0.29) is 5.75 Å². The van der Waals surface area contributed by atoms with Gasteiger partial charge in [0.2, 0.25) is 0 Å². The van der Waals surface area contributed by atoms with Gasteiger partial charge in [-0.2, -0.15) is 0 Å². The smallest absolute Gasteiger partial charge is 0.510 e. The molecule has 4 nitrogen and oxygen atoms in total. The lowest BCUT2D eigenvalue weighted by Gasteiger charge is -2.09. The zero-order chi connectivity index (χ0) is 13.0. The summed E-state index contributed by atoms with van der Waals surface area (Å²) in [5.41, 5.74) is 0. The molecule has 18 heavy (non-hydrogen) atoms. The lowest BCUT2D eigenvalue weighted by molar-refractivity contribution is 0.281. The van der Waals surface area contributed by atoms with Crippen LogP contribution in [0.1, 0.15) is 0 Å². The summed E-state index contributed by atoms with van der Waals surface area (Å²) in [5, 5.41) is 17.1. The summed E-state index contributed by atoms with van der Waals surface area (Å²) in [4.78, 5) is 0. The highest BCUT2D eigenvalue weighted by molar-refractivity contribution is 6.33. The molecule has 2 aromatic rings. The number of benzene rings is 2. The minimum Gasteiger partial charge on any atom is -0.510 e. The topological polar surface area (TPSA) is 58.9 Å². The van der Waals surface area contributed by atoms with Gasteiger partial charge in [-0.05, 0) is 24.3 Å². The second kappa shape index (κ2) is 5.53. The van der Waals surface area contributed by atoms with Gasteiger partial charge in [0.25, 0.3) is 0 Å². The molecule has 0 unspecified atom stereocenters. The van der Waals surface area contributed by atoms with Crippen LogP contribution in [0.4, 0.5) is 4.39 Å². The van der Waals surface area contributed by atoms with Crippen LogP contribution in [0.25, 0.3) is 0 Å². The van der Waals surface area contributed by atoms with E-state index in [9.17, 15) is 4.39 Å². The van der Waals surface area contributed by atoms with E-state index < -0.39 is 13.1 Å². The zero-order valence-corrected chi connectivity index (χ0v) is 9.29. The van der Waals surface area contributed by atoms with Gasteiger partial charge in [-0.3, -0.25) is 0 Å². The van der Waals surface area contributed by atoms with Crippen molar-refractivity contribution in [3.05, 3.63) is 54.3 Å². The van der Waals surface area contributed by atoms with Gasteiger partial charge >= 0.3 is 7.32 Å². The fourth-order valence-electron chi connectivity index (χ4n) is 1.38. The van der Waals surface area contributed by atoms with Crippen LogP contribution in [-0.2, 0) is 0 Å². The highest BCUT2D eigenvalue weighted by Gasteiger charge is 2.15. The normalized spacial score (nSPS) is 9.94. The summed E-state index contributed by atoms with van der Waals surface area (Å²) in [6, 6.07) is 12.7. The van der Waals surface area contributed by atoms with Crippen molar-refractivity contribution in [3.8, 4) is 17.2 Å². The second-order valence-electron chi connectivity index (χ2n) is 3.45. The van der Waals surface area contributed by atoms with E-state index in [1.807, 2.05) is 6.07 Å². The minimum absolute atomic E-state index is 0.259. The average molecular weight is 248 g/mol. The van der Waals surface area contributed by atoms with Crippen molar-refractivity contribution in [3.63, 3.8) is 0 Å². The number of halogens is 1. The maximum atomic E-state index is 13.5. The first kappa shape index (κ1) is 12.4. The number of rotatable bonds is 4. The molecule has 92 valence electrons. The molecule has 0 amide bonds. The predicted octanol–water partition coefficient (Wildman–Crippen LogP) is 1.97. The number of hydrogen-bond donors (Lipinski definition) is 2. The molecule has 0 fully saturated rings. The first-order chi connectivity index (χ1) is 8.65. The van der Waals surface area contributed by atoms with Crippen molar-refractivity contribution >= 4 is 7.32 Å². The van der Waals surface area contributed by atoms with Gasteiger partial charge in [0.15, 0.2) is 5.82 Å². The Labute approximate surface area is 103 Å². The summed E-state index contributed by atoms with van der Waals surface area (Å²) in [5.74, 6) is -0.131. The van der Waals surface area contributed by atoms with Crippen molar-refractivity contribution < 1.29 is 23.8 Å². The largest absolute Gasteiger partial charge is 0.707 e. The molecule has 6 heteroatoms. The molecule has 0 saturated carbocycles. The summed E-state index contributed by atoms with van der Waals surface area (Å²) >= 11 is 0. The maximum Gasteiger partial charge on any atom is 0.707 e. The fraction of sp³-hybridized carbons (Fsp3) is 0. The summed E-state index contributed by atoms with van der Waals surface area (Å²) in [6.45, 7) is 0.